The maximum atomic E-state index is 12.5. The highest BCUT2D eigenvalue weighted by molar-refractivity contribution is 7.10. The highest BCUT2D eigenvalue weighted by Crippen LogP contribution is 2.34. The number of hydrogen-bond donors (Lipinski definition) is 2. The van der Waals surface area contributed by atoms with Crippen LogP contribution in [0.3, 0.4) is 0 Å². The summed E-state index contributed by atoms with van der Waals surface area (Å²) in [5.74, 6) is 0.00506. The Balaban J connectivity index is 1.61. The first kappa shape index (κ1) is 16.3. The molecule has 1 aromatic carbocycles. The minimum Gasteiger partial charge on any atom is -0.484 e. The van der Waals surface area contributed by atoms with Crippen molar-refractivity contribution in [3.8, 4) is 5.75 Å². The SMILES string of the molecule is NC(=O)COc1ccc(NC(=O)N2CCC[C@H]2c2cccs2)cc1. The number of nitrogens with two attached hydrogens (primary N) is 1. The predicted molar refractivity (Wildman–Crippen MR) is 93.2 cm³/mol. The third-order valence-corrected chi connectivity index (χ3v) is 4.85. The monoisotopic (exact) mass is 345 g/mol. The highest BCUT2D eigenvalue weighted by atomic mass is 32.1. The minimum absolute atomic E-state index is 0.100. The van der Waals surface area contributed by atoms with Crippen LogP contribution >= 0.6 is 11.3 Å². The summed E-state index contributed by atoms with van der Waals surface area (Å²) in [6, 6.07) is 11.0. The first-order valence-electron chi connectivity index (χ1n) is 7.75. The summed E-state index contributed by atoms with van der Waals surface area (Å²) < 4.78 is 5.20. The molecule has 0 unspecified atom stereocenters. The van der Waals surface area contributed by atoms with Crippen LogP contribution in [0.2, 0.25) is 0 Å². The molecule has 0 aliphatic carbocycles. The fourth-order valence-corrected chi connectivity index (χ4v) is 3.64. The Hall–Kier alpha value is -2.54. The Morgan fingerprint density at radius 3 is 2.75 bits per heavy atom. The van der Waals surface area contributed by atoms with Crippen LogP contribution in [-0.2, 0) is 4.79 Å². The molecule has 7 heteroatoms. The van der Waals surface area contributed by atoms with Crippen LogP contribution in [0.15, 0.2) is 41.8 Å². The van der Waals surface area contributed by atoms with Crippen molar-refractivity contribution in [3.05, 3.63) is 46.7 Å². The Morgan fingerprint density at radius 2 is 2.08 bits per heavy atom. The second-order valence-corrected chi connectivity index (χ2v) is 6.56. The number of likely N-dealkylation sites (tertiary alicyclic amines) is 1. The number of primary amides is 1. The van der Waals surface area contributed by atoms with Crippen LogP contribution in [-0.4, -0.2) is 30.0 Å². The normalized spacial score (nSPS) is 16.8. The van der Waals surface area contributed by atoms with E-state index >= 15 is 0 Å². The molecule has 2 heterocycles. The number of ether oxygens (including phenoxy) is 1. The summed E-state index contributed by atoms with van der Waals surface area (Å²) in [4.78, 5) is 26.3. The van der Waals surface area contributed by atoms with Crippen molar-refractivity contribution < 1.29 is 14.3 Å². The van der Waals surface area contributed by atoms with Gasteiger partial charge in [-0.2, -0.15) is 0 Å². The molecule has 1 fully saturated rings. The van der Waals surface area contributed by atoms with E-state index in [9.17, 15) is 9.59 Å². The van der Waals surface area contributed by atoms with Crippen molar-refractivity contribution in [2.75, 3.05) is 18.5 Å². The van der Waals surface area contributed by atoms with E-state index in [-0.39, 0.29) is 18.7 Å². The first-order chi connectivity index (χ1) is 11.6. The zero-order valence-corrected chi connectivity index (χ0v) is 13.9. The Kier molecular flexibility index (Phi) is 5.00. The van der Waals surface area contributed by atoms with E-state index in [0.29, 0.717) is 11.4 Å². The summed E-state index contributed by atoms with van der Waals surface area (Å²) in [6.07, 6.45) is 2.00. The van der Waals surface area contributed by atoms with Crippen LogP contribution in [0.25, 0.3) is 0 Å². The Morgan fingerprint density at radius 1 is 1.29 bits per heavy atom. The molecule has 2 aromatic rings. The van der Waals surface area contributed by atoms with Gasteiger partial charge in [-0.15, -0.1) is 11.3 Å². The molecular weight excluding hydrogens is 326 g/mol. The molecule has 0 spiro atoms. The van der Waals surface area contributed by atoms with Gasteiger partial charge in [0.15, 0.2) is 6.61 Å². The van der Waals surface area contributed by atoms with E-state index in [4.69, 9.17) is 10.5 Å². The summed E-state index contributed by atoms with van der Waals surface area (Å²) in [5, 5.41) is 4.95. The topological polar surface area (TPSA) is 84.7 Å². The number of urea groups is 1. The fourth-order valence-electron chi connectivity index (χ4n) is 2.77. The average Bonchev–Trinajstić information content (AvgIpc) is 3.24. The molecule has 3 rings (SSSR count). The van der Waals surface area contributed by atoms with Gasteiger partial charge in [-0.05, 0) is 48.6 Å². The molecule has 1 aliphatic rings. The first-order valence-corrected chi connectivity index (χ1v) is 8.63. The lowest BCUT2D eigenvalue weighted by Crippen LogP contribution is -2.34. The lowest BCUT2D eigenvalue weighted by atomic mass is 10.2. The van der Waals surface area contributed by atoms with E-state index in [1.807, 2.05) is 16.3 Å². The van der Waals surface area contributed by atoms with Gasteiger partial charge in [0, 0.05) is 17.1 Å². The minimum atomic E-state index is -0.527. The molecule has 1 saturated heterocycles. The average molecular weight is 345 g/mol. The molecule has 3 amide bonds. The lowest BCUT2D eigenvalue weighted by molar-refractivity contribution is -0.119. The number of nitrogens with one attached hydrogen (secondary N) is 1. The molecule has 1 atom stereocenters. The van der Waals surface area contributed by atoms with Crippen LogP contribution in [0.4, 0.5) is 10.5 Å². The zero-order valence-electron chi connectivity index (χ0n) is 13.1. The number of hydrogen-bond acceptors (Lipinski definition) is 4. The maximum absolute atomic E-state index is 12.5. The Labute approximate surface area is 144 Å². The lowest BCUT2D eigenvalue weighted by Gasteiger charge is -2.24. The van der Waals surface area contributed by atoms with Crippen LogP contribution in [0.5, 0.6) is 5.75 Å². The molecule has 0 radical (unpaired) electrons. The standard InChI is InChI=1S/C17H19N3O3S/c18-16(21)11-23-13-7-5-12(6-8-13)19-17(22)20-9-1-3-14(20)15-4-2-10-24-15/h2,4-8,10,14H,1,3,9,11H2,(H2,18,21)(H,19,22)/t14-/m0/s1. The third-order valence-electron chi connectivity index (χ3n) is 3.87. The summed E-state index contributed by atoms with van der Waals surface area (Å²) in [6.45, 7) is 0.593. The van der Waals surface area contributed by atoms with Gasteiger partial charge in [-0.3, -0.25) is 4.79 Å². The second-order valence-electron chi connectivity index (χ2n) is 5.58. The number of nitrogens with zero attached hydrogens (tertiary/aromatic N) is 1. The fraction of sp³-hybridized carbons (Fsp3) is 0.294. The molecule has 6 nitrogen and oxygen atoms in total. The predicted octanol–water partition coefficient (Wildman–Crippen LogP) is 2.98. The van der Waals surface area contributed by atoms with Gasteiger partial charge in [0.2, 0.25) is 0 Å². The summed E-state index contributed by atoms with van der Waals surface area (Å²) in [7, 11) is 0. The number of thiophene rings is 1. The van der Waals surface area contributed by atoms with Crippen molar-refractivity contribution >= 4 is 29.0 Å². The molecule has 0 bridgehead atoms. The maximum Gasteiger partial charge on any atom is 0.322 e. The van der Waals surface area contributed by atoms with Gasteiger partial charge in [-0.25, -0.2) is 4.79 Å². The number of benzene rings is 1. The largest absolute Gasteiger partial charge is 0.484 e. The van der Waals surface area contributed by atoms with Crippen molar-refractivity contribution in [1.29, 1.82) is 0 Å². The number of carbonyl (C=O) groups excluding carboxylic acids is 2. The molecule has 1 aromatic heterocycles. The van der Waals surface area contributed by atoms with Gasteiger partial charge in [-0.1, -0.05) is 6.07 Å². The van der Waals surface area contributed by atoms with E-state index < -0.39 is 5.91 Å². The third kappa shape index (κ3) is 3.86. The van der Waals surface area contributed by atoms with Crippen LogP contribution in [0.1, 0.15) is 23.8 Å². The number of rotatable bonds is 5. The zero-order chi connectivity index (χ0) is 16.9. The molecule has 24 heavy (non-hydrogen) atoms. The summed E-state index contributed by atoms with van der Waals surface area (Å²) >= 11 is 1.68. The van der Waals surface area contributed by atoms with E-state index in [0.717, 1.165) is 19.4 Å². The van der Waals surface area contributed by atoms with E-state index in [1.54, 1.807) is 35.6 Å². The Bertz CT molecular complexity index is 700. The number of amides is 3. The smallest absolute Gasteiger partial charge is 0.322 e. The molecule has 126 valence electrons. The van der Waals surface area contributed by atoms with Gasteiger partial charge in [0.05, 0.1) is 6.04 Å². The van der Waals surface area contributed by atoms with Gasteiger partial charge in [0.25, 0.3) is 5.91 Å². The number of anilines is 1. The van der Waals surface area contributed by atoms with Crippen molar-refractivity contribution in [3.63, 3.8) is 0 Å². The quantitative estimate of drug-likeness (QED) is 0.873. The van der Waals surface area contributed by atoms with Gasteiger partial charge >= 0.3 is 6.03 Å². The van der Waals surface area contributed by atoms with Gasteiger partial charge < -0.3 is 20.7 Å². The molecule has 1 aliphatic heterocycles. The van der Waals surface area contributed by atoms with E-state index in [2.05, 4.69) is 11.4 Å². The van der Waals surface area contributed by atoms with Crippen molar-refractivity contribution in [1.82, 2.24) is 4.90 Å². The van der Waals surface area contributed by atoms with Crippen LogP contribution < -0.4 is 15.8 Å². The van der Waals surface area contributed by atoms with Crippen molar-refractivity contribution in [2.24, 2.45) is 5.73 Å². The van der Waals surface area contributed by atoms with E-state index in [1.165, 1.54) is 4.88 Å². The highest BCUT2D eigenvalue weighted by Gasteiger charge is 2.30. The molecule has 0 saturated carbocycles. The molecular formula is C17H19N3O3S. The van der Waals surface area contributed by atoms with Crippen molar-refractivity contribution in [2.45, 2.75) is 18.9 Å². The summed E-state index contributed by atoms with van der Waals surface area (Å²) in [5.41, 5.74) is 5.72. The van der Waals surface area contributed by atoms with Gasteiger partial charge in [0.1, 0.15) is 5.75 Å². The number of carbonyl (C=O) groups is 2. The second kappa shape index (κ2) is 7.35. The van der Waals surface area contributed by atoms with Crippen LogP contribution in [0, 0.1) is 0 Å². The molecule has 3 N–H and O–H groups in total.